The van der Waals surface area contributed by atoms with Crippen LogP contribution in [-0.2, 0) is 4.79 Å². The second-order valence-corrected chi connectivity index (χ2v) is 7.94. The van der Waals surface area contributed by atoms with Crippen LogP contribution in [0.2, 0.25) is 0 Å². The molecule has 0 bridgehead atoms. The van der Waals surface area contributed by atoms with Gasteiger partial charge in [-0.25, -0.2) is 0 Å². The Morgan fingerprint density at radius 2 is 1.47 bits per heavy atom. The molecule has 4 amide bonds. The molecule has 7 nitrogen and oxygen atoms in total. The monoisotopic (exact) mass is 407 g/mol. The summed E-state index contributed by atoms with van der Waals surface area (Å²) >= 11 is 0. The molecule has 1 heterocycles. The lowest BCUT2D eigenvalue weighted by molar-refractivity contribution is -0.120. The fourth-order valence-electron chi connectivity index (χ4n) is 3.45. The molecule has 7 heteroatoms. The Balaban J connectivity index is 1.83. The van der Waals surface area contributed by atoms with Gasteiger partial charge >= 0.3 is 0 Å². The summed E-state index contributed by atoms with van der Waals surface area (Å²) in [5.74, 6) is -1.40. The van der Waals surface area contributed by atoms with Crippen molar-refractivity contribution in [3.05, 3.63) is 65.2 Å². The van der Waals surface area contributed by atoms with Crippen LogP contribution in [0.25, 0.3) is 0 Å². The lowest BCUT2D eigenvalue weighted by Crippen LogP contribution is -2.47. The van der Waals surface area contributed by atoms with E-state index >= 15 is 0 Å². The molecule has 0 saturated heterocycles. The number of fused-ring (bicyclic) bond motifs is 1. The largest absolute Gasteiger partial charge is 0.345 e. The predicted octanol–water partition coefficient (Wildman–Crippen LogP) is 3.04. The highest BCUT2D eigenvalue weighted by molar-refractivity contribution is 6.23. The molecule has 1 atom stereocenters. The third kappa shape index (κ3) is 4.10. The summed E-state index contributed by atoms with van der Waals surface area (Å²) < 4.78 is 0. The maximum Gasteiger partial charge on any atom is 0.262 e. The van der Waals surface area contributed by atoms with E-state index in [1.165, 1.54) is 4.90 Å². The number of rotatable bonds is 6. The number of hydrogen-bond donors (Lipinski definition) is 1. The first-order chi connectivity index (χ1) is 14.2. The van der Waals surface area contributed by atoms with Gasteiger partial charge in [-0.15, -0.1) is 0 Å². The van der Waals surface area contributed by atoms with E-state index in [1.54, 1.807) is 62.6 Å². The van der Waals surface area contributed by atoms with Gasteiger partial charge in [-0.2, -0.15) is 0 Å². The van der Waals surface area contributed by atoms with Gasteiger partial charge in [0.2, 0.25) is 5.91 Å². The molecule has 0 aliphatic carbocycles. The van der Waals surface area contributed by atoms with Gasteiger partial charge < -0.3 is 10.2 Å². The van der Waals surface area contributed by atoms with E-state index in [0.717, 1.165) is 4.90 Å². The average Bonchev–Trinajstić information content (AvgIpc) is 2.96. The van der Waals surface area contributed by atoms with Gasteiger partial charge in [-0.05, 0) is 48.7 Å². The van der Waals surface area contributed by atoms with Crippen molar-refractivity contribution in [3.8, 4) is 0 Å². The molecule has 0 saturated carbocycles. The predicted molar refractivity (Wildman–Crippen MR) is 113 cm³/mol. The van der Waals surface area contributed by atoms with Gasteiger partial charge in [0, 0.05) is 25.3 Å². The number of benzene rings is 2. The normalized spacial score (nSPS) is 14.0. The summed E-state index contributed by atoms with van der Waals surface area (Å²) in [6, 6.07) is 12.2. The lowest BCUT2D eigenvalue weighted by atomic mass is 10.0. The molecular weight excluding hydrogens is 382 g/mol. The molecule has 2 aromatic carbocycles. The molecule has 0 radical (unpaired) electrons. The number of carbonyl (C=O) groups is 4. The summed E-state index contributed by atoms with van der Waals surface area (Å²) in [4.78, 5) is 53.3. The molecule has 1 N–H and O–H groups in total. The standard InChI is InChI=1S/C23H25N3O4/c1-14(2)13-19(26-22(29)17-7-5-6-8-18(17)23(26)30)20(27)24-16-11-9-15(10-12-16)21(28)25(3)4/h5-12,14,19H,13H2,1-4H3,(H,24,27)/t19-/m0/s1. The smallest absolute Gasteiger partial charge is 0.262 e. The summed E-state index contributed by atoms with van der Waals surface area (Å²) in [6.45, 7) is 3.86. The van der Waals surface area contributed by atoms with E-state index < -0.39 is 23.8 Å². The van der Waals surface area contributed by atoms with Crippen molar-refractivity contribution in [1.82, 2.24) is 9.80 Å². The SMILES string of the molecule is CC(C)C[C@@H](C(=O)Nc1ccc(C(=O)N(C)C)cc1)N1C(=O)c2ccccc2C1=O. The van der Waals surface area contributed by atoms with Crippen LogP contribution < -0.4 is 5.32 Å². The lowest BCUT2D eigenvalue weighted by Gasteiger charge is -2.26. The highest BCUT2D eigenvalue weighted by Gasteiger charge is 2.42. The first-order valence-corrected chi connectivity index (χ1v) is 9.80. The Kier molecular flexibility index (Phi) is 6.01. The molecule has 0 spiro atoms. The topological polar surface area (TPSA) is 86.8 Å². The molecule has 0 unspecified atom stereocenters. The van der Waals surface area contributed by atoms with E-state index in [0.29, 0.717) is 28.8 Å². The number of nitrogens with one attached hydrogen (secondary N) is 1. The fourth-order valence-corrected chi connectivity index (χ4v) is 3.45. The summed E-state index contributed by atoms with van der Waals surface area (Å²) in [6.07, 6.45) is 0.342. The van der Waals surface area contributed by atoms with Crippen LogP contribution >= 0.6 is 0 Å². The van der Waals surface area contributed by atoms with E-state index in [4.69, 9.17) is 0 Å². The highest BCUT2D eigenvalue weighted by atomic mass is 16.2. The Morgan fingerprint density at radius 1 is 0.933 bits per heavy atom. The Hall–Kier alpha value is -3.48. The average molecular weight is 407 g/mol. The molecule has 2 aromatic rings. The van der Waals surface area contributed by atoms with Crippen molar-refractivity contribution in [2.75, 3.05) is 19.4 Å². The minimum atomic E-state index is -0.930. The quantitative estimate of drug-likeness (QED) is 0.746. The van der Waals surface area contributed by atoms with Crippen LogP contribution in [-0.4, -0.2) is 53.6 Å². The van der Waals surface area contributed by atoms with Gasteiger partial charge in [0.15, 0.2) is 0 Å². The van der Waals surface area contributed by atoms with Crippen LogP contribution in [0.15, 0.2) is 48.5 Å². The summed E-state index contributed by atoms with van der Waals surface area (Å²) in [7, 11) is 3.33. The van der Waals surface area contributed by atoms with E-state index in [-0.39, 0.29) is 11.8 Å². The van der Waals surface area contributed by atoms with Crippen molar-refractivity contribution in [2.24, 2.45) is 5.92 Å². The third-order valence-corrected chi connectivity index (χ3v) is 4.94. The minimum absolute atomic E-state index is 0.0881. The summed E-state index contributed by atoms with van der Waals surface area (Å²) in [5, 5.41) is 2.78. The number of amides is 4. The molecule has 1 aliphatic heterocycles. The van der Waals surface area contributed by atoms with Crippen molar-refractivity contribution in [3.63, 3.8) is 0 Å². The zero-order valence-corrected chi connectivity index (χ0v) is 17.5. The molecule has 30 heavy (non-hydrogen) atoms. The van der Waals surface area contributed by atoms with Gasteiger partial charge in [-0.3, -0.25) is 24.1 Å². The zero-order valence-electron chi connectivity index (χ0n) is 17.5. The van der Waals surface area contributed by atoms with Crippen LogP contribution in [0.4, 0.5) is 5.69 Å². The number of nitrogens with zero attached hydrogens (tertiary/aromatic N) is 2. The molecule has 1 aliphatic rings. The first kappa shape index (κ1) is 21.2. The fraction of sp³-hybridized carbons (Fsp3) is 0.304. The van der Waals surface area contributed by atoms with Crippen LogP contribution in [0.1, 0.15) is 51.3 Å². The van der Waals surface area contributed by atoms with Gasteiger partial charge in [0.25, 0.3) is 17.7 Å². The zero-order chi connectivity index (χ0) is 22.0. The van der Waals surface area contributed by atoms with Crippen molar-refractivity contribution in [2.45, 2.75) is 26.3 Å². The third-order valence-electron chi connectivity index (χ3n) is 4.94. The summed E-state index contributed by atoms with van der Waals surface area (Å²) in [5.41, 5.74) is 1.61. The van der Waals surface area contributed by atoms with Gasteiger partial charge in [-0.1, -0.05) is 26.0 Å². The van der Waals surface area contributed by atoms with Crippen LogP contribution in [0.5, 0.6) is 0 Å². The highest BCUT2D eigenvalue weighted by Crippen LogP contribution is 2.27. The van der Waals surface area contributed by atoms with Crippen molar-refractivity contribution < 1.29 is 19.2 Å². The number of carbonyl (C=O) groups excluding carboxylic acids is 4. The molecule has 156 valence electrons. The van der Waals surface area contributed by atoms with Crippen LogP contribution in [0, 0.1) is 5.92 Å². The Bertz CT molecular complexity index is 961. The number of imide groups is 1. The maximum absolute atomic E-state index is 13.1. The second kappa shape index (κ2) is 8.49. The van der Waals surface area contributed by atoms with Gasteiger partial charge in [0.1, 0.15) is 6.04 Å². The van der Waals surface area contributed by atoms with Crippen molar-refractivity contribution in [1.29, 1.82) is 0 Å². The van der Waals surface area contributed by atoms with E-state index in [9.17, 15) is 19.2 Å². The Labute approximate surface area is 175 Å². The first-order valence-electron chi connectivity index (χ1n) is 9.80. The molecule has 0 fully saturated rings. The Morgan fingerprint density at radius 3 is 1.93 bits per heavy atom. The second-order valence-electron chi connectivity index (χ2n) is 7.94. The van der Waals surface area contributed by atoms with E-state index in [2.05, 4.69) is 5.32 Å². The van der Waals surface area contributed by atoms with Crippen LogP contribution in [0.3, 0.4) is 0 Å². The minimum Gasteiger partial charge on any atom is -0.345 e. The van der Waals surface area contributed by atoms with E-state index in [1.807, 2.05) is 13.8 Å². The van der Waals surface area contributed by atoms with Crippen molar-refractivity contribution >= 4 is 29.3 Å². The maximum atomic E-state index is 13.1. The van der Waals surface area contributed by atoms with Gasteiger partial charge in [0.05, 0.1) is 11.1 Å². The number of anilines is 1. The molecular formula is C23H25N3O4. The molecule has 0 aromatic heterocycles. The molecule has 3 rings (SSSR count). The number of hydrogen-bond acceptors (Lipinski definition) is 4.